The lowest BCUT2D eigenvalue weighted by atomic mass is 9.75. The van der Waals surface area contributed by atoms with E-state index >= 15 is 0 Å². The highest BCUT2D eigenvalue weighted by atomic mass is 14.9. The van der Waals surface area contributed by atoms with Crippen molar-refractivity contribution in [1.82, 2.24) is 5.32 Å². The zero-order valence-electron chi connectivity index (χ0n) is 9.47. The Morgan fingerprint density at radius 2 is 2.00 bits per heavy atom. The molecule has 78 valence electrons. The van der Waals surface area contributed by atoms with Gasteiger partial charge in [-0.25, -0.2) is 0 Å². The summed E-state index contributed by atoms with van der Waals surface area (Å²) >= 11 is 0. The molecule has 0 radical (unpaired) electrons. The van der Waals surface area contributed by atoms with Crippen LogP contribution in [0.4, 0.5) is 0 Å². The molecular formula is C12H25N. The maximum absolute atomic E-state index is 3.56. The largest absolute Gasteiger partial charge is 0.316 e. The van der Waals surface area contributed by atoms with Crippen molar-refractivity contribution >= 4 is 0 Å². The Balaban J connectivity index is 2.21. The Bertz CT molecular complexity index is 133. The molecule has 0 aromatic heterocycles. The van der Waals surface area contributed by atoms with Gasteiger partial charge in [0.2, 0.25) is 0 Å². The molecule has 1 N–H and O–H groups in total. The lowest BCUT2D eigenvalue weighted by Gasteiger charge is -2.32. The highest BCUT2D eigenvalue weighted by molar-refractivity contribution is 4.77. The second-order valence-electron chi connectivity index (χ2n) is 4.86. The molecule has 0 heterocycles. The van der Waals surface area contributed by atoms with Gasteiger partial charge in [-0.1, -0.05) is 33.6 Å². The molecule has 13 heavy (non-hydrogen) atoms. The Labute approximate surface area is 83.3 Å². The van der Waals surface area contributed by atoms with Gasteiger partial charge in [0.05, 0.1) is 0 Å². The van der Waals surface area contributed by atoms with Crippen LogP contribution >= 0.6 is 0 Å². The Morgan fingerprint density at radius 1 is 1.23 bits per heavy atom. The second-order valence-corrected chi connectivity index (χ2v) is 4.86. The Hall–Kier alpha value is -0.0400. The Kier molecular flexibility index (Phi) is 4.79. The predicted molar refractivity (Wildman–Crippen MR) is 58.8 cm³/mol. The molecule has 0 bridgehead atoms. The average Bonchev–Trinajstić information content (AvgIpc) is 2.11. The normalized spacial score (nSPS) is 34.8. The standard InChI is InChI=1S/C12H25N/c1-4-7-13-9-12-8-10(2)5-6-11(12)3/h10-13H,4-9H2,1-3H3. The smallest absolute Gasteiger partial charge is 0.00179 e. The van der Waals surface area contributed by atoms with E-state index in [1.54, 1.807) is 0 Å². The molecule has 0 saturated heterocycles. The number of nitrogens with one attached hydrogen (secondary N) is 1. The van der Waals surface area contributed by atoms with E-state index in [-0.39, 0.29) is 0 Å². The minimum absolute atomic E-state index is 0.940. The molecule has 3 unspecified atom stereocenters. The van der Waals surface area contributed by atoms with Crippen molar-refractivity contribution in [2.24, 2.45) is 17.8 Å². The maximum atomic E-state index is 3.56. The van der Waals surface area contributed by atoms with Gasteiger partial charge in [0.1, 0.15) is 0 Å². The quantitative estimate of drug-likeness (QED) is 0.661. The van der Waals surface area contributed by atoms with E-state index in [1.165, 1.54) is 38.8 Å². The van der Waals surface area contributed by atoms with Crippen LogP contribution < -0.4 is 5.32 Å². The van der Waals surface area contributed by atoms with Crippen LogP contribution in [0.25, 0.3) is 0 Å². The van der Waals surface area contributed by atoms with E-state index in [4.69, 9.17) is 0 Å². The van der Waals surface area contributed by atoms with Crippen molar-refractivity contribution in [3.63, 3.8) is 0 Å². The van der Waals surface area contributed by atoms with E-state index < -0.39 is 0 Å². The van der Waals surface area contributed by atoms with Crippen molar-refractivity contribution in [2.75, 3.05) is 13.1 Å². The highest BCUT2D eigenvalue weighted by Gasteiger charge is 2.24. The van der Waals surface area contributed by atoms with Gasteiger partial charge in [0.15, 0.2) is 0 Å². The third-order valence-corrected chi connectivity index (χ3v) is 3.46. The minimum Gasteiger partial charge on any atom is -0.316 e. The van der Waals surface area contributed by atoms with E-state index in [9.17, 15) is 0 Å². The third kappa shape index (κ3) is 3.68. The molecule has 1 rings (SSSR count). The first-order valence-electron chi connectivity index (χ1n) is 5.94. The van der Waals surface area contributed by atoms with Crippen LogP contribution in [0, 0.1) is 17.8 Å². The zero-order valence-corrected chi connectivity index (χ0v) is 9.47. The fourth-order valence-electron chi connectivity index (χ4n) is 2.40. The molecular weight excluding hydrogens is 158 g/mol. The van der Waals surface area contributed by atoms with Gasteiger partial charge >= 0.3 is 0 Å². The van der Waals surface area contributed by atoms with Gasteiger partial charge in [0.25, 0.3) is 0 Å². The van der Waals surface area contributed by atoms with Gasteiger partial charge in [-0.15, -0.1) is 0 Å². The highest BCUT2D eigenvalue weighted by Crippen LogP contribution is 2.32. The molecule has 0 aromatic rings. The first-order valence-corrected chi connectivity index (χ1v) is 5.94. The molecule has 3 atom stereocenters. The summed E-state index contributed by atoms with van der Waals surface area (Å²) in [5.74, 6) is 2.85. The first-order chi connectivity index (χ1) is 6.24. The van der Waals surface area contributed by atoms with Crippen LogP contribution in [-0.2, 0) is 0 Å². The summed E-state index contributed by atoms with van der Waals surface area (Å²) in [7, 11) is 0. The topological polar surface area (TPSA) is 12.0 Å². The summed E-state index contributed by atoms with van der Waals surface area (Å²) in [6, 6.07) is 0. The van der Waals surface area contributed by atoms with E-state index in [0.29, 0.717) is 0 Å². The van der Waals surface area contributed by atoms with E-state index in [1.807, 2.05) is 0 Å². The van der Waals surface area contributed by atoms with Crippen molar-refractivity contribution in [2.45, 2.75) is 46.5 Å². The van der Waals surface area contributed by atoms with Crippen LogP contribution in [0.1, 0.15) is 46.5 Å². The molecule has 1 aliphatic carbocycles. The summed E-state index contributed by atoms with van der Waals surface area (Å²) in [4.78, 5) is 0. The molecule has 0 spiro atoms. The van der Waals surface area contributed by atoms with E-state index in [0.717, 1.165) is 17.8 Å². The molecule has 0 aliphatic heterocycles. The second kappa shape index (κ2) is 5.64. The summed E-state index contributed by atoms with van der Waals surface area (Å²) in [5, 5.41) is 3.56. The number of hydrogen-bond donors (Lipinski definition) is 1. The molecule has 1 nitrogen and oxygen atoms in total. The monoisotopic (exact) mass is 183 g/mol. The van der Waals surface area contributed by atoms with Crippen LogP contribution in [0.5, 0.6) is 0 Å². The van der Waals surface area contributed by atoms with Gasteiger partial charge in [0, 0.05) is 0 Å². The summed E-state index contributed by atoms with van der Waals surface area (Å²) in [6.45, 7) is 9.50. The molecule has 1 aliphatic rings. The van der Waals surface area contributed by atoms with Crippen LogP contribution in [0.15, 0.2) is 0 Å². The lowest BCUT2D eigenvalue weighted by molar-refractivity contribution is 0.199. The Morgan fingerprint density at radius 3 is 2.69 bits per heavy atom. The van der Waals surface area contributed by atoms with Crippen LogP contribution in [0.3, 0.4) is 0 Å². The van der Waals surface area contributed by atoms with Crippen LogP contribution in [-0.4, -0.2) is 13.1 Å². The molecule has 1 fully saturated rings. The SMILES string of the molecule is CCCNCC1CC(C)CCC1C. The van der Waals surface area contributed by atoms with Gasteiger partial charge in [-0.3, -0.25) is 0 Å². The van der Waals surface area contributed by atoms with Crippen LogP contribution in [0.2, 0.25) is 0 Å². The third-order valence-electron chi connectivity index (χ3n) is 3.46. The molecule has 1 saturated carbocycles. The summed E-state index contributed by atoms with van der Waals surface area (Å²) in [5.41, 5.74) is 0. The van der Waals surface area contributed by atoms with Gasteiger partial charge < -0.3 is 5.32 Å². The van der Waals surface area contributed by atoms with E-state index in [2.05, 4.69) is 26.1 Å². The predicted octanol–water partition coefficient (Wildman–Crippen LogP) is 3.06. The fourth-order valence-corrected chi connectivity index (χ4v) is 2.40. The average molecular weight is 183 g/mol. The lowest BCUT2D eigenvalue weighted by Crippen LogP contribution is -2.31. The maximum Gasteiger partial charge on any atom is -0.00179 e. The number of hydrogen-bond acceptors (Lipinski definition) is 1. The summed E-state index contributed by atoms with van der Waals surface area (Å²) < 4.78 is 0. The van der Waals surface area contributed by atoms with Crippen molar-refractivity contribution in [3.8, 4) is 0 Å². The van der Waals surface area contributed by atoms with Gasteiger partial charge in [-0.2, -0.15) is 0 Å². The first kappa shape index (κ1) is 11.0. The zero-order chi connectivity index (χ0) is 9.68. The molecule has 0 aromatic carbocycles. The molecule has 0 amide bonds. The fraction of sp³-hybridized carbons (Fsp3) is 1.00. The van der Waals surface area contributed by atoms with Gasteiger partial charge in [-0.05, 0) is 43.7 Å². The number of rotatable bonds is 4. The minimum atomic E-state index is 0.940. The van der Waals surface area contributed by atoms with Crippen molar-refractivity contribution < 1.29 is 0 Å². The van der Waals surface area contributed by atoms with Crippen molar-refractivity contribution in [1.29, 1.82) is 0 Å². The van der Waals surface area contributed by atoms with Crippen molar-refractivity contribution in [3.05, 3.63) is 0 Å². The summed E-state index contributed by atoms with van der Waals surface area (Å²) in [6.07, 6.45) is 5.60. The molecule has 1 heteroatoms.